The number of fused-ring (bicyclic) bond motifs is 1. The van der Waals surface area contributed by atoms with E-state index in [0.29, 0.717) is 5.75 Å². The van der Waals surface area contributed by atoms with Gasteiger partial charge in [0, 0.05) is 5.75 Å². The Morgan fingerprint density at radius 3 is 2.92 bits per heavy atom. The number of carboxylic acid groups (broad SMARTS) is 1. The third-order valence-electron chi connectivity index (χ3n) is 1.90. The molecule has 68 valence electrons. The van der Waals surface area contributed by atoms with Gasteiger partial charge in [-0.3, -0.25) is 14.5 Å². The van der Waals surface area contributed by atoms with Gasteiger partial charge in [0.25, 0.3) is 11.7 Å². The third kappa shape index (κ3) is 0.983. The lowest BCUT2D eigenvalue weighted by Gasteiger charge is -2.39. The molecular weight excluding hydrogens is 194 g/mol. The number of aliphatic carboxylic acids is 1. The highest BCUT2D eigenvalue weighted by Crippen LogP contribution is 2.34. The Morgan fingerprint density at radius 2 is 2.31 bits per heavy atom. The standard InChI is InChI=1S/C7H5NO4S/c9-4-5(10)8-3(7(11)12)1-2-13-6(4)8/h1,6H,2H2,(H,11,12)/t6-/m0/s1. The monoisotopic (exact) mass is 199 g/mol. The van der Waals surface area contributed by atoms with Crippen molar-refractivity contribution in [2.75, 3.05) is 5.75 Å². The van der Waals surface area contributed by atoms with Crippen LogP contribution in [0.2, 0.25) is 0 Å². The van der Waals surface area contributed by atoms with Crippen molar-refractivity contribution in [1.82, 2.24) is 4.90 Å². The van der Waals surface area contributed by atoms with E-state index in [4.69, 9.17) is 5.11 Å². The summed E-state index contributed by atoms with van der Waals surface area (Å²) in [5.41, 5.74) is -0.0756. The molecular formula is C7H5NO4S. The van der Waals surface area contributed by atoms with Crippen molar-refractivity contribution in [2.24, 2.45) is 0 Å². The van der Waals surface area contributed by atoms with E-state index in [9.17, 15) is 14.4 Å². The predicted molar refractivity (Wildman–Crippen MR) is 43.8 cm³/mol. The highest BCUT2D eigenvalue weighted by atomic mass is 32.2. The van der Waals surface area contributed by atoms with Crippen LogP contribution in [-0.4, -0.2) is 38.8 Å². The van der Waals surface area contributed by atoms with E-state index in [1.807, 2.05) is 0 Å². The van der Waals surface area contributed by atoms with E-state index >= 15 is 0 Å². The van der Waals surface area contributed by atoms with Gasteiger partial charge in [0.15, 0.2) is 5.37 Å². The zero-order valence-corrected chi connectivity index (χ0v) is 7.21. The van der Waals surface area contributed by atoms with Gasteiger partial charge >= 0.3 is 5.97 Å². The summed E-state index contributed by atoms with van der Waals surface area (Å²) in [6.45, 7) is 0. The molecule has 5 nitrogen and oxygen atoms in total. The van der Waals surface area contributed by atoms with E-state index < -0.39 is 23.0 Å². The Bertz CT molecular complexity index is 348. The number of thioether (sulfide) groups is 1. The number of carboxylic acids is 1. The smallest absolute Gasteiger partial charge is 0.352 e. The first kappa shape index (κ1) is 8.31. The number of rotatable bonds is 1. The summed E-state index contributed by atoms with van der Waals surface area (Å²) in [5.74, 6) is -1.92. The fourth-order valence-electron chi connectivity index (χ4n) is 1.27. The van der Waals surface area contributed by atoms with Crippen LogP contribution >= 0.6 is 11.8 Å². The van der Waals surface area contributed by atoms with Crippen molar-refractivity contribution in [2.45, 2.75) is 5.37 Å². The van der Waals surface area contributed by atoms with Crippen molar-refractivity contribution in [3.8, 4) is 0 Å². The zero-order valence-electron chi connectivity index (χ0n) is 6.39. The number of nitrogens with zero attached hydrogens (tertiary/aromatic N) is 1. The van der Waals surface area contributed by atoms with Gasteiger partial charge in [-0.05, 0) is 6.08 Å². The number of carbonyl (C=O) groups is 3. The summed E-state index contributed by atoms with van der Waals surface area (Å²) in [6, 6.07) is 0. The fraction of sp³-hybridized carbons (Fsp3) is 0.286. The molecule has 0 radical (unpaired) electrons. The topological polar surface area (TPSA) is 74.7 Å². The Morgan fingerprint density at radius 1 is 1.62 bits per heavy atom. The quantitative estimate of drug-likeness (QED) is 0.452. The van der Waals surface area contributed by atoms with Gasteiger partial charge in [-0.15, -0.1) is 11.8 Å². The lowest BCUT2D eigenvalue weighted by Crippen LogP contribution is -2.61. The Kier molecular flexibility index (Phi) is 1.66. The van der Waals surface area contributed by atoms with Crippen molar-refractivity contribution in [3.63, 3.8) is 0 Å². The molecule has 0 aromatic rings. The predicted octanol–water partition coefficient (Wildman–Crippen LogP) is -0.561. The molecule has 1 amide bonds. The van der Waals surface area contributed by atoms with Gasteiger partial charge in [0.2, 0.25) is 0 Å². The van der Waals surface area contributed by atoms with Crippen molar-refractivity contribution >= 4 is 29.4 Å². The third-order valence-corrected chi connectivity index (χ3v) is 3.00. The first-order chi connectivity index (χ1) is 6.13. The van der Waals surface area contributed by atoms with E-state index in [-0.39, 0.29) is 5.70 Å². The van der Waals surface area contributed by atoms with E-state index in [2.05, 4.69) is 0 Å². The second kappa shape index (κ2) is 2.59. The highest BCUT2D eigenvalue weighted by Gasteiger charge is 2.51. The maximum atomic E-state index is 11.0. The molecule has 0 aliphatic carbocycles. The average molecular weight is 199 g/mol. The van der Waals surface area contributed by atoms with Gasteiger partial charge in [-0.2, -0.15) is 0 Å². The molecule has 2 aliphatic rings. The second-order valence-electron chi connectivity index (χ2n) is 2.62. The largest absolute Gasteiger partial charge is 0.477 e. The Labute approximate surface area is 77.4 Å². The summed E-state index contributed by atoms with van der Waals surface area (Å²) in [6.07, 6.45) is 1.44. The number of Topliss-reactive ketones (excluding diaryl/α,β-unsaturated/α-hetero) is 1. The van der Waals surface area contributed by atoms with Crippen LogP contribution in [0.5, 0.6) is 0 Å². The molecule has 0 aromatic carbocycles. The molecule has 6 heteroatoms. The number of β-lactam (4-membered cyclic amide) rings is 1. The van der Waals surface area contributed by atoms with Crippen molar-refractivity contribution in [1.29, 1.82) is 0 Å². The van der Waals surface area contributed by atoms with Crippen LogP contribution in [0.3, 0.4) is 0 Å². The number of hydrogen-bond donors (Lipinski definition) is 1. The number of amides is 1. The zero-order chi connectivity index (χ0) is 9.59. The molecule has 0 spiro atoms. The molecule has 1 saturated heterocycles. The van der Waals surface area contributed by atoms with E-state index in [1.165, 1.54) is 17.8 Å². The molecule has 2 heterocycles. The van der Waals surface area contributed by atoms with Crippen molar-refractivity contribution < 1.29 is 19.5 Å². The molecule has 1 fully saturated rings. The summed E-state index contributed by atoms with van der Waals surface area (Å²) >= 11 is 1.26. The van der Waals surface area contributed by atoms with Crippen molar-refractivity contribution in [3.05, 3.63) is 11.8 Å². The molecule has 2 rings (SSSR count). The minimum absolute atomic E-state index is 0.0756. The number of carbonyl (C=O) groups excluding carboxylic acids is 2. The minimum atomic E-state index is -1.16. The van der Waals surface area contributed by atoms with Crippen LogP contribution < -0.4 is 0 Å². The van der Waals surface area contributed by atoms with Gasteiger partial charge in [-0.25, -0.2) is 4.79 Å². The normalized spacial score (nSPS) is 26.3. The van der Waals surface area contributed by atoms with Gasteiger partial charge in [0.1, 0.15) is 5.70 Å². The lowest BCUT2D eigenvalue weighted by molar-refractivity contribution is -0.156. The van der Waals surface area contributed by atoms with Crippen LogP contribution in [0.4, 0.5) is 0 Å². The number of ketones is 1. The molecule has 0 saturated carbocycles. The summed E-state index contributed by atoms with van der Waals surface area (Å²) in [4.78, 5) is 33.5. The molecule has 0 aromatic heterocycles. The molecule has 2 aliphatic heterocycles. The Balaban J connectivity index is 2.32. The first-order valence-electron chi connectivity index (χ1n) is 3.55. The Hall–Kier alpha value is -1.30. The molecule has 0 unspecified atom stereocenters. The fourth-order valence-corrected chi connectivity index (χ4v) is 2.32. The van der Waals surface area contributed by atoms with Crippen LogP contribution in [-0.2, 0) is 14.4 Å². The van der Waals surface area contributed by atoms with E-state index in [0.717, 1.165) is 4.90 Å². The van der Waals surface area contributed by atoms with Crippen LogP contribution in [0.15, 0.2) is 11.8 Å². The lowest BCUT2D eigenvalue weighted by atomic mass is 10.1. The SMILES string of the molecule is O=C(O)C1=CCS[C@H]2C(=O)C(=O)N12. The van der Waals surface area contributed by atoms with Crippen LogP contribution in [0, 0.1) is 0 Å². The van der Waals surface area contributed by atoms with Gasteiger partial charge in [0.05, 0.1) is 0 Å². The molecule has 1 N–H and O–H groups in total. The first-order valence-corrected chi connectivity index (χ1v) is 4.60. The summed E-state index contributed by atoms with van der Waals surface area (Å²) in [5, 5.41) is 8.09. The minimum Gasteiger partial charge on any atom is -0.477 e. The maximum Gasteiger partial charge on any atom is 0.352 e. The van der Waals surface area contributed by atoms with Crippen LogP contribution in [0.1, 0.15) is 0 Å². The van der Waals surface area contributed by atoms with E-state index in [1.54, 1.807) is 0 Å². The number of hydrogen-bond acceptors (Lipinski definition) is 4. The van der Waals surface area contributed by atoms with Crippen LogP contribution in [0.25, 0.3) is 0 Å². The summed E-state index contributed by atoms with van der Waals surface area (Å²) in [7, 11) is 0. The van der Waals surface area contributed by atoms with Gasteiger partial charge < -0.3 is 5.11 Å². The maximum absolute atomic E-state index is 11.0. The second-order valence-corrected chi connectivity index (χ2v) is 3.73. The molecule has 13 heavy (non-hydrogen) atoms. The van der Waals surface area contributed by atoms with Gasteiger partial charge in [-0.1, -0.05) is 0 Å². The highest BCUT2D eigenvalue weighted by molar-refractivity contribution is 8.01. The summed E-state index contributed by atoms with van der Waals surface area (Å²) < 4.78 is 0. The molecule has 0 bridgehead atoms. The molecule has 1 atom stereocenters. The average Bonchev–Trinajstić information content (AvgIpc) is 2.15.